The lowest BCUT2D eigenvalue weighted by molar-refractivity contribution is -0.138. The maximum absolute atomic E-state index is 13.3. The van der Waals surface area contributed by atoms with Gasteiger partial charge in [-0.25, -0.2) is 0 Å². The van der Waals surface area contributed by atoms with Crippen LogP contribution in [-0.2, 0) is 19.3 Å². The molecule has 1 aliphatic rings. The summed E-state index contributed by atoms with van der Waals surface area (Å²) >= 11 is 0. The summed E-state index contributed by atoms with van der Waals surface area (Å²) in [6.07, 6.45) is -3.95. The molecule has 0 aliphatic carbocycles. The second kappa shape index (κ2) is 11.5. The molecule has 7 nitrogen and oxygen atoms in total. The van der Waals surface area contributed by atoms with Gasteiger partial charge in [0.1, 0.15) is 12.5 Å². The smallest absolute Gasteiger partial charge is 0.417 e. The normalized spacial score (nSPS) is 15.5. The van der Waals surface area contributed by atoms with Gasteiger partial charge in [-0.1, -0.05) is 48.7 Å². The van der Waals surface area contributed by atoms with Crippen molar-refractivity contribution < 1.29 is 27.8 Å². The summed E-state index contributed by atoms with van der Waals surface area (Å²) in [6, 6.07) is 18.1. The Kier molecular flexibility index (Phi) is 8.19. The van der Waals surface area contributed by atoms with Gasteiger partial charge < -0.3 is 19.7 Å². The number of hydrogen-bond donors (Lipinski definition) is 2. The van der Waals surface area contributed by atoms with E-state index in [2.05, 4.69) is 10.3 Å². The Balaban J connectivity index is 1.26. The third-order valence-corrected chi connectivity index (χ3v) is 5.93. The highest BCUT2D eigenvalue weighted by molar-refractivity contribution is 5.96. The van der Waals surface area contributed by atoms with Crippen LogP contribution in [0.2, 0.25) is 0 Å². The highest BCUT2D eigenvalue weighted by atomic mass is 19.4. The quantitative estimate of drug-likeness (QED) is 0.365. The van der Waals surface area contributed by atoms with E-state index in [1.54, 1.807) is 17.2 Å². The van der Waals surface area contributed by atoms with E-state index in [1.165, 1.54) is 23.1 Å². The average Bonchev–Trinajstić information content (AvgIpc) is 2.90. The number of hydrogen-bond acceptors (Lipinski definition) is 5. The van der Waals surface area contributed by atoms with E-state index < -0.39 is 24.0 Å². The number of amides is 1. The number of nitrogens with zero attached hydrogens (tertiary/aromatic N) is 3. The fourth-order valence-corrected chi connectivity index (χ4v) is 3.97. The van der Waals surface area contributed by atoms with E-state index in [9.17, 15) is 23.1 Å². The van der Waals surface area contributed by atoms with Crippen LogP contribution in [0.1, 0.15) is 27.0 Å². The number of aliphatic hydroxyl groups excluding tert-OH is 1. The fourth-order valence-electron chi connectivity index (χ4n) is 3.97. The van der Waals surface area contributed by atoms with Crippen molar-refractivity contribution in [2.75, 3.05) is 26.2 Å². The molecule has 2 N–H and O–H groups in total. The molecular weight excluding hydrogens is 473 g/mol. The lowest BCUT2D eigenvalue weighted by atomic mass is 10.1. The number of carbonyl (C=O) groups is 1. The average molecular weight is 501 g/mol. The lowest BCUT2D eigenvalue weighted by Gasteiger charge is -2.37. The van der Waals surface area contributed by atoms with Gasteiger partial charge >= 0.3 is 6.18 Å². The molecule has 36 heavy (non-hydrogen) atoms. The van der Waals surface area contributed by atoms with Crippen LogP contribution in [-0.4, -0.2) is 53.3 Å². The number of alkyl halides is 3. The van der Waals surface area contributed by atoms with Crippen LogP contribution in [0.5, 0.6) is 5.88 Å². The zero-order valence-corrected chi connectivity index (χ0v) is 19.5. The lowest BCUT2D eigenvalue weighted by Crippen LogP contribution is -2.55. The second-order valence-corrected chi connectivity index (χ2v) is 8.40. The predicted octanol–water partition coefficient (Wildman–Crippen LogP) is 3.35. The van der Waals surface area contributed by atoms with Crippen LogP contribution in [0.15, 0.2) is 72.9 Å². The van der Waals surface area contributed by atoms with Gasteiger partial charge in [-0.3, -0.25) is 15.0 Å². The molecule has 1 atom stereocenters. The van der Waals surface area contributed by atoms with Gasteiger partial charge in [-0.2, -0.15) is 13.2 Å². The Morgan fingerprint density at radius 1 is 1.03 bits per heavy atom. The van der Waals surface area contributed by atoms with E-state index in [0.717, 1.165) is 17.2 Å². The van der Waals surface area contributed by atoms with Gasteiger partial charge in [0.15, 0.2) is 6.35 Å². The number of carbonyl (C=O) groups excluding carboxylic acids is 1. The third kappa shape index (κ3) is 6.60. The van der Waals surface area contributed by atoms with Crippen molar-refractivity contribution in [2.24, 2.45) is 0 Å². The minimum atomic E-state index is -4.60. The number of halogens is 3. The summed E-state index contributed by atoms with van der Waals surface area (Å²) in [4.78, 5) is 20.1. The summed E-state index contributed by atoms with van der Waals surface area (Å²) in [5.41, 5.74) is 0.589. The molecule has 2 heterocycles. The summed E-state index contributed by atoms with van der Waals surface area (Å²) in [5.74, 6) is -0.191. The number of aliphatic hydroxyl groups is 1. The Morgan fingerprint density at radius 3 is 2.44 bits per heavy atom. The zero-order valence-electron chi connectivity index (χ0n) is 19.5. The van der Waals surface area contributed by atoms with Gasteiger partial charge in [-0.15, -0.1) is 0 Å². The molecule has 190 valence electrons. The molecule has 0 radical (unpaired) electrons. The number of pyridine rings is 1. The Morgan fingerprint density at radius 2 is 1.72 bits per heavy atom. The molecule has 2 aromatic carbocycles. The topological polar surface area (TPSA) is 79.1 Å². The van der Waals surface area contributed by atoms with Crippen LogP contribution in [0, 0.1) is 0 Å². The van der Waals surface area contributed by atoms with Crippen molar-refractivity contribution in [1.82, 2.24) is 20.1 Å². The molecule has 1 unspecified atom stereocenters. The third-order valence-electron chi connectivity index (χ3n) is 5.93. The van der Waals surface area contributed by atoms with Crippen molar-refractivity contribution >= 4 is 5.91 Å². The summed E-state index contributed by atoms with van der Waals surface area (Å²) in [7, 11) is 0. The molecule has 1 amide bonds. The number of ether oxygens (including phenoxy) is 1. The molecule has 1 fully saturated rings. The van der Waals surface area contributed by atoms with Crippen molar-refractivity contribution in [3.8, 4) is 5.88 Å². The van der Waals surface area contributed by atoms with Crippen molar-refractivity contribution in [3.05, 3.63) is 95.2 Å². The predicted molar refractivity (Wildman–Crippen MR) is 127 cm³/mol. The summed E-state index contributed by atoms with van der Waals surface area (Å²) < 4.78 is 45.6. The van der Waals surface area contributed by atoms with Crippen LogP contribution >= 0.6 is 0 Å². The molecule has 0 spiro atoms. The highest BCUT2D eigenvalue weighted by Crippen LogP contribution is 2.32. The number of aromatic nitrogens is 1. The van der Waals surface area contributed by atoms with E-state index >= 15 is 0 Å². The molecule has 1 saturated heterocycles. The fraction of sp³-hybridized carbons (Fsp3) is 0.308. The first kappa shape index (κ1) is 25.6. The van der Waals surface area contributed by atoms with Crippen molar-refractivity contribution in [3.63, 3.8) is 0 Å². The maximum atomic E-state index is 13.3. The highest BCUT2D eigenvalue weighted by Gasteiger charge is 2.36. The van der Waals surface area contributed by atoms with Crippen LogP contribution in [0.3, 0.4) is 0 Å². The Bertz CT molecular complexity index is 1150. The van der Waals surface area contributed by atoms with Gasteiger partial charge in [0.2, 0.25) is 0 Å². The van der Waals surface area contributed by atoms with E-state index in [1.807, 2.05) is 36.4 Å². The van der Waals surface area contributed by atoms with Crippen LogP contribution in [0.25, 0.3) is 0 Å². The van der Waals surface area contributed by atoms with Crippen LogP contribution < -0.4 is 15.0 Å². The summed E-state index contributed by atoms with van der Waals surface area (Å²) in [5, 5.41) is 13.6. The first-order chi connectivity index (χ1) is 17.3. The zero-order chi connectivity index (χ0) is 25.5. The number of nitrogens with one attached hydrogen (secondary N) is 1. The number of piperazine rings is 1. The van der Waals surface area contributed by atoms with Gasteiger partial charge in [-0.05, 0) is 17.7 Å². The van der Waals surface area contributed by atoms with Gasteiger partial charge in [0.25, 0.3) is 5.91 Å². The van der Waals surface area contributed by atoms with Crippen molar-refractivity contribution in [2.45, 2.75) is 25.7 Å². The number of benzene rings is 2. The largest absolute Gasteiger partial charge is 0.514 e. The Labute approximate surface area is 207 Å². The molecule has 1 aromatic heterocycles. The second-order valence-electron chi connectivity index (χ2n) is 8.40. The maximum Gasteiger partial charge on any atom is 0.417 e. The van der Waals surface area contributed by atoms with E-state index in [0.29, 0.717) is 32.1 Å². The molecule has 3 aromatic rings. The minimum Gasteiger partial charge on any atom is -0.514 e. The number of rotatable bonds is 8. The molecule has 4 rings (SSSR count). The summed E-state index contributed by atoms with van der Waals surface area (Å²) in [6.45, 7) is 1.78. The molecule has 1 aliphatic heterocycles. The van der Waals surface area contributed by atoms with E-state index in [4.69, 9.17) is 4.74 Å². The van der Waals surface area contributed by atoms with Gasteiger partial charge in [0, 0.05) is 32.2 Å². The molecular formula is C26H27F3N4O3. The Hall–Kier alpha value is -3.47. The molecule has 0 bridgehead atoms. The SMILES string of the molecule is O=C(c1ccccc1C(F)(F)F)N1CCN(C(O)NCc2cc[n-][c+](OCc3ccccc3)c2)CC1. The monoisotopic (exact) mass is 500 g/mol. The first-order valence-electron chi connectivity index (χ1n) is 11.5. The van der Waals surface area contributed by atoms with Crippen molar-refractivity contribution in [1.29, 1.82) is 0 Å². The minimum absolute atomic E-state index is 0.205. The van der Waals surface area contributed by atoms with Gasteiger partial charge in [0.05, 0.1) is 29.3 Å². The molecule has 0 saturated carbocycles. The van der Waals surface area contributed by atoms with Crippen LogP contribution in [0.4, 0.5) is 13.2 Å². The first-order valence-corrected chi connectivity index (χ1v) is 11.5. The standard InChI is InChI=1S/C26H27F3N4O3/c27-26(28,29)22-9-5-4-8-21(22)24(34)32-12-14-33(15-13-32)25(35)31-17-20-10-11-30-23(16-20)36-18-19-6-2-1-3-7-19/h1-11,16,25,31,35H,12-15,17-18H2. The van der Waals surface area contributed by atoms with E-state index in [-0.39, 0.29) is 18.7 Å². The molecule has 10 heteroatoms.